The Morgan fingerprint density at radius 1 is 1.03 bits per heavy atom. The van der Waals surface area contributed by atoms with Crippen LogP contribution in [0.15, 0.2) is 48.7 Å². The number of anilines is 1. The Hall–Kier alpha value is -2.99. The molecule has 8 heteroatoms. The molecule has 0 saturated heterocycles. The van der Waals surface area contributed by atoms with E-state index in [2.05, 4.69) is 28.2 Å². The van der Waals surface area contributed by atoms with Gasteiger partial charge in [0.15, 0.2) is 5.82 Å². The van der Waals surface area contributed by atoms with Crippen LogP contribution in [0.25, 0.3) is 21.8 Å². The highest BCUT2D eigenvalue weighted by Crippen LogP contribution is 2.34. The molecule has 0 unspecified atom stereocenters. The Kier molecular flexibility index (Phi) is 6.66. The molecule has 0 spiro atoms. The average molecular weight is 465 g/mol. The molecule has 0 atom stereocenters. The zero-order chi connectivity index (χ0) is 23.6. The molecule has 2 heterocycles. The normalized spacial score (nSPS) is 11.9. The number of aromatic nitrogens is 2. The number of fused-ring (bicyclic) bond motifs is 3. The molecule has 0 aliphatic rings. The Morgan fingerprint density at radius 2 is 1.85 bits per heavy atom. The zero-order valence-corrected chi connectivity index (χ0v) is 19.7. The lowest BCUT2D eigenvalue weighted by molar-refractivity contribution is 0.309. The van der Waals surface area contributed by atoms with Gasteiger partial charge >= 0.3 is 7.60 Å². The minimum Gasteiger partial charge on any atom is -0.494 e. The van der Waals surface area contributed by atoms with Gasteiger partial charge in [-0.05, 0) is 79.6 Å². The molecule has 4 rings (SSSR count). The number of aryl methyl sites for hydroxylation is 4. The molecule has 2 aromatic heterocycles. The van der Waals surface area contributed by atoms with Gasteiger partial charge in [0.25, 0.3) is 0 Å². The second-order valence-corrected chi connectivity index (χ2v) is 10.2. The number of nitrogens with zero attached hydrogens (tertiary/aromatic N) is 2. The van der Waals surface area contributed by atoms with Crippen molar-refractivity contribution in [3.63, 3.8) is 0 Å². The van der Waals surface area contributed by atoms with E-state index in [-0.39, 0.29) is 12.8 Å². The summed E-state index contributed by atoms with van der Waals surface area (Å²) in [4.78, 5) is 27.0. The summed E-state index contributed by atoms with van der Waals surface area (Å²) in [5, 5.41) is 2.07. The third-order valence-electron chi connectivity index (χ3n) is 5.73. The maximum atomic E-state index is 10.9. The van der Waals surface area contributed by atoms with E-state index in [0.717, 1.165) is 51.3 Å². The molecule has 4 aromatic rings. The molecule has 0 aliphatic heterocycles. The zero-order valence-electron chi connectivity index (χ0n) is 18.8. The van der Waals surface area contributed by atoms with Crippen LogP contribution in [0.2, 0.25) is 0 Å². The maximum Gasteiger partial charge on any atom is 0.325 e. The fraction of sp³-hybridized carbons (Fsp3) is 0.280. The van der Waals surface area contributed by atoms with E-state index in [4.69, 9.17) is 20.3 Å². The number of nitrogen functional groups attached to an aromatic ring is 1. The van der Waals surface area contributed by atoms with Gasteiger partial charge in [0.2, 0.25) is 0 Å². The molecule has 0 saturated carbocycles. The first-order valence-corrected chi connectivity index (χ1v) is 12.7. The van der Waals surface area contributed by atoms with E-state index in [1.807, 2.05) is 44.3 Å². The van der Waals surface area contributed by atoms with Crippen LogP contribution in [0.3, 0.4) is 0 Å². The molecule has 0 amide bonds. The van der Waals surface area contributed by atoms with Gasteiger partial charge in [0, 0.05) is 17.0 Å². The third-order valence-corrected chi connectivity index (χ3v) is 6.63. The van der Waals surface area contributed by atoms with Crippen LogP contribution in [0.4, 0.5) is 5.82 Å². The summed E-state index contributed by atoms with van der Waals surface area (Å²) in [6.45, 7) is 4.36. The Labute approximate surface area is 192 Å². The van der Waals surface area contributed by atoms with Crippen molar-refractivity contribution in [3.8, 4) is 5.75 Å². The summed E-state index contributed by atoms with van der Waals surface area (Å²) in [5.74, 6) is 1.15. The van der Waals surface area contributed by atoms with E-state index in [0.29, 0.717) is 18.0 Å². The van der Waals surface area contributed by atoms with Crippen molar-refractivity contribution in [1.82, 2.24) is 9.97 Å². The highest BCUT2D eigenvalue weighted by atomic mass is 31.2. The Balaban J connectivity index is 1.47. The smallest absolute Gasteiger partial charge is 0.325 e. The van der Waals surface area contributed by atoms with Crippen molar-refractivity contribution in [3.05, 3.63) is 70.9 Å². The average Bonchev–Trinajstić information content (AvgIpc) is 2.75. The van der Waals surface area contributed by atoms with Crippen LogP contribution in [0, 0.1) is 13.8 Å². The number of pyridine rings is 2. The van der Waals surface area contributed by atoms with Gasteiger partial charge in [-0.3, -0.25) is 9.55 Å². The molecule has 4 N–H and O–H groups in total. The molecular weight excluding hydrogens is 437 g/mol. The molecular formula is C25H28N3O4P. The number of rotatable bonds is 8. The molecule has 0 bridgehead atoms. The van der Waals surface area contributed by atoms with E-state index >= 15 is 0 Å². The summed E-state index contributed by atoms with van der Waals surface area (Å²) in [6.07, 6.45) is 3.71. The number of ether oxygens (including phenoxy) is 1. The quantitative estimate of drug-likeness (QED) is 0.196. The van der Waals surface area contributed by atoms with E-state index in [1.165, 1.54) is 5.56 Å². The topological polar surface area (TPSA) is 119 Å². The molecule has 0 aliphatic carbocycles. The first kappa shape index (κ1) is 23.2. The van der Waals surface area contributed by atoms with Crippen molar-refractivity contribution in [2.24, 2.45) is 0 Å². The standard InChI is InChI=1S/C25H28N3O4P/c1-16-4-9-21-22-14-18(15-27-24(22)25(26)28-23(21)12-16)5-6-19-7-8-20(13-17(19)2)32-10-3-11-33(29,30)31/h4,7-9,12-15H,3,5-6,10-11H2,1-2H3,(H2,26,28)(H2,29,30,31). The van der Waals surface area contributed by atoms with Gasteiger partial charge in [-0.15, -0.1) is 0 Å². The molecule has 0 radical (unpaired) electrons. The van der Waals surface area contributed by atoms with Crippen molar-refractivity contribution in [2.45, 2.75) is 33.1 Å². The van der Waals surface area contributed by atoms with Crippen LogP contribution in [0.1, 0.15) is 28.7 Å². The second kappa shape index (κ2) is 9.48. The largest absolute Gasteiger partial charge is 0.494 e. The lowest BCUT2D eigenvalue weighted by atomic mass is 9.99. The van der Waals surface area contributed by atoms with Crippen LogP contribution in [0.5, 0.6) is 5.75 Å². The van der Waals surface area contributed by atoms with Crippen LogP contribution < -0.4 is 10.5 Å². The van der Waals surface area contributed by atoms with Crippen molar-refractivity contribution in [2.75, 3.05) is 18.5 Å². The summed E-state index contributed by atoms with van der Waals surface area (Å²) in [5.41, 5.74) is 12.4. The summed E-state index contributed by atoms with van der Waals surface area (Å²) in [7, 11) is -3.97. The summed E-state index contributed by atoms with van der Waals surface area (Å²) < 4.78 is 16.6. The van der Waals surface area contributed by atoms with Gasteiger partial charge in [0.05, 0.1) is 18.3 Å². The SMILES string of the molecule is Cc1ccc2c(c1)nc(N)c1ncc(CCc3ccc(OCCCP(=O)(O)O)cc3C)cc12. The predicted molar refractivity (Wildman–Crippen MR) is 132 cm³/mol. The van der Waals surface area contributed by atoms with Crippen LogP contribution >= 0.6 is 7.60 Å². The second-order valence-electron chi connectivity index (χ2n) is 8.44. The molecule has 33 heavy (non-hydrogen) atoms. The van der Waals surface area contributed by atoms with E-state index in [1.54, 1.807) is 0 Å². The summed E-state index contributed by atoms with van der Waals surface area (Å²) >= 11 is 0. The summed E-state index contributed by atoms with van der Waals surface area (Å²) in [6, 6.07) is 14.3. The van der Waals surface area contributed by atoms with Gasteiger partial charge < -0.3 is 20.3 Å². The van der Waals surface area contributed by atoms with Crippen LogP contribution in [-0.2, 0) is 17.4 Å². The number of hydrogen-bond acceptors (Lipinski definition) is 5. The monoisotopic (exact) mass is 465 g/mol. The van der Waals surface area contributed by atoms with Gasteiger partial charge in [0.1, 0.15) is 11.3 Å². The van der Waals surface area contributed by atoms with Gasteiger partial charge in [-0.1, -0.05) is 18.2 Å². The fourth-order valence-electron chi connectivity index (χ4n) is 3.98. The third kappa shape index (κ3) is 5.69. The molecule has 172 valence electrons. The lowest BCUT2D eigenvalue weighted by Crippen LogP contribution is -2.02. The minimum absolute atomic E-state index is 0.166. The molecule has 7 nitrogen and oxygen atoms in total. The van der Waals surface area contributed by atoms with Crippen molar-refractivity contribution in [1.29, 1.82) is 0 Å². The highest BCUT2D eigenvalue weighted by Gasteiger charge is 2.12. The van der Waals surface area contributed by atoms with Crippen molar-refractivity contribution >= 4 is 35.2 Å². The Morgan fingerprint density at radius 3 is 2.61 bits per heavy atom. The highest BCUT2D eigenvalue weighted by molar-refractivity contribution is 7.51. The number of benzene rings is 2. The van der Waals surface area contributed by atoms with Crippen molar-refractivity contribution < 1.29 is 19.1 Å². The first-order valence-electron chi connectivity index (χ1n) is 10.9. The predicted octanol–water partition coefficient (Wildman–Crippen LogP) is 4.71. The fourth-order valence-corrected chi connectivity index (χ4v) is 4.52. The van der Waals surface area contributed by atoms with E-state index < -0.39 is 7.60 Å². The Bertz CT molecular complexity index is 1370. The van der Waals surface area contributed by atoms with E-state index in [9.17, 15) is 4.57 Å². The van der Waals surface area contributed by atoms with Gasteiger partial charge in [-0.25, -0.2) is 4.98 Å². The number of hydrogen-bond donors (Lipinski definition) is 3. The number of nitrogens with two attached hydrogens (primary N) is 1. The van der Waals surface area contributed by atoms with Gasteiger partial charge in [-0.2, -0.15) is 0 Å². The minimum atomic E-state index is -3.97. The maximum absolute atomic E-state index is 10.9. The van der Waals surface area contributed by atoms with Crippen LogP contribution in [-0.4, -0.2) is 32.5 Å². The molecule has 0 fully saturated rings. The lowest BCUT2D eigenvalue weighted by Gasteiger charge is -2.12. The molecule has 2 aromatic carbocycles. The first-order chi connectivity index (χ1) is 15.7.